The number of benzene rings is 1. The number of aromatic amines is 1. The highest BCUT2D eigenvalue weighted by molar-refractivity contribution is 9.10. The van der Waals surface area contributed by atoms with Crippen molar-refractivity contribution in [1.82, 2.24) is 9.55 Å². The monoisotopic (exact) mass is 430 g/mol. The lowest BCUT2D eigenvalue weighted by molar-refractivity contribution is -0.142. The van der Waals surface area contributed by atoms with E-state index in [0.717, 1.165) is 12.1 Å². The molecule has 1 aromatic carbocycles. The Kier molecular flexibility index (Phi) is 5.45. The average Bonchev–Trinajstić information content (AvgIpc) is 2.56. The molecule has 0 fully saturated rings. The van der Waals surface area contributed by atoms with Crippen LogP contribution in [0.1, 0.15) is 22.4 Å². The van der Waals surface area contributed by atoms with Gasteiger partial charge >= 0.3 is 11.9 Å². The van der Waals surface area contributed by atoms with E-state index < -0.39 is 64.4 Å². The summed E-state index contributed by atoms with van der Waals surface area (Å²) in [5.74, 6) is 0. The van der Waals surface area contributed by atoms with Crippen molar-refractivity contribution in [1.29, 1.82) is 0 Å². The van der Waals surface area contributed by atoms with E-state index in [1.54, 1.807) is 0 Å². The summed E-state index contributed by atoms with van der Waals surface area (Å²) in [6.45, 7) is -3.64. The second-order valence-electron chi connectivity index (χ2n) is 4.92. The normalized spacial score (nSPS) is 11.8. The number of halogens is 7. The number of rotatable bonds is 4. The van der Waals surface area contributed by atoms with E-state index in [1.165, 1.54) is 4.98 Å². The zero-order valence-corrected chi connectivity index (χ0v) is 13.8. The fourth-order valence-electron chi connectivity index (χ4n) is 2.31. The zero-order chi connectivity index (χ0) is 18.9. The van der Waals surface area contributed by atoms with Crippen LogP contribution in [-0.4, -0.2) is 9.55 Å². The Labute approximate surface area is 144 Å². The lowest BCUT2D eigenvalue weighted by Crippen LogP contribution is -2.38. The van der Waals surface area contributed by atoms with Gasteiger partial charge in [0.05, 0.1) is 5.69 Å². The van der Waals surface area contributed by atoms with Crippen LogP contribution in [0, 0.1) is 0 Å². The second-order valence-corrected chi connectivity index (χ2v) is 5.71. The minimum Gasteiger partial charge on any atom is -0.302 e. The molecule has 1 heterocycles. The molecule has 136 valence electrons. The fraction of sp³-hybridized carbons (Fsp3) is 0.286. The van der Waals surface area contributed by atoms with Gasteiger partial charge in [0.15, 0.2) is 0 Å². The Morgan fingerprint density at radius 1 is 1.00 bits per heavy atom. The first-order valence-electron chi connectivity index (χ1n) is 6.60. The summed E-state index contributed by atoms with van der Waals surface area (Å²) in [4.78, 5) is 25.7. The largest absolute Gasteiger partial charge is 0.432 e. The van der Waals surface area contributed by atoms with Crippen molar-refractivity contribution in [3.8, 4) is 5.69 Å². The van der Waals surface area contributed by atoms with Crippen LogP contribution in [0.5, 0.6) is 0 Å². The molecule has 2 aromatic rings. The van der Waals surface area contributed by atoms with Crippen molar-refractivity contribution in [3.63, 3.8) is 0 Å². The van der Waals surface area contributed by atoms with Crippen molar-refractivity contribution >= 4 is 15.9 Å². The molecule has 0 amide bonds. The van der Waals surface area contributed by atoms with Gasteiger partial charge in [-0.3, -0.25) is 4.79 Å². The molecular formula is C14H9BrF6N2O2. The van der Waals surface area contributed by atoms with Crippen LogP contribution in [0.4, 0.5) is 26.3 Å². The number of H-pyrrole nitrogens is 1. The molecule has 2 rings (SSSR count). The quantitative estimate of drug-likeness (QED) is 0.751. The Balaban J connectivity index is 2.91. The van der Waals surface area contributed by atoms with Gasteiger partial charge in [0, 0.05) is 11.1 Å². The molecule has 0 aliphatic carbocycles. The number of aromatic nitrogens is 2. The minimum atomic E-state index is -5.03. The van der Waals surface area contributed by atoms with Crippen molar-refractivity contribution in [2.24, 2.45) is 0 Å². The second kappa shape index (κ2) is 7.06. The number of nitrogens with one attached hydrogen (secondary N) is 1. The Morgan fingerprint density at radius 3 is 1.92 bits per heavy atom. The van der Waals surface area contributed by atoms with Gasteiger partial charge < -0.3 is 4.98 Å². The third kappa shape index (κ3) is 3.51. The van der Waals surface area contributed by atoms with Gasteiger partial charge in [-0.15, -0.1) is 0 Å². The van der Waals surface area contributed by atoms with E-state index in [0.29, 0.717) is 0 Å². The van der Waals surface area contributed by atoms with Crippen molar-refractivity contribution < 1.29 is 26.3 Å². The van der Waals surface area contributed by atoms with E-state index in [2.05, 4.69) is 15.9 Å². The van der Waals surface area contributed by atoms with Crippen molar-refractivity contribution in [3.05, 3.63) is 59.8 Å². The molecule has 25 heavy (non-hydrogen) atoms. The minimum absolute atomic E-state index is 0.0977. The van der Waals surface area contributed by atoms with Crippen LogP contribution in [0.2, 0.25) is 0 Å². The summed E-state index contributed by atoms with van der Waals surface area (Å²) in [5, 5.41) is 0. The average molecular weight is 431 g/mol. The van der Waals surface area contributed by atoms with Crippen LogP contribution in [-0.2, 0) is 26.2 Å². The van der Waals surface area contributed by atoms with Crippen LogP contribution in [0.3, 0.4) is 0 Å². The molecule has 0 spiro atoms. The molecule has 1 aromatic heterocycles. The molecule has 0 bridgehead atoms. The molecule has 0 saturated heterocycles. The molecule has 11 heteroatoms. The first-order valence-corrected chi connectivity index (χ1v) is 7.40. The predicted octanol–water partition coefficient (Wildman–Crippen LogP) is 3.72. The highest BCUT2D eigenvalue weighted by atomic mass is 79.9. The summed E-state index contributed by atoms with van der Waals surface area (Å²) in [6, 6.07) is 1.93. The smallest absolute Gasteiger partial charge is 0.302 e. The Bertz CT molecular complexity index is 894. The summed E-state index contributed by atoms with van der Waals surface area (Å²) in [5.41, 5.74) is -6.05. The van der Waals surface area contributed by atoms with E-state index in [1.807, 2.05) is 0 Å². The maximum absolute atomic E-state index is 13.3. The van der Waals surface area contributed by atoms with Crippen LogP contribution >= 0.6 is 15.9 Å². The summed E-state index contributed by atoms with van der Waals surface area (Å²) >= 11 is 2.45. The number of hydrogen-bond donors (Lipinski definition) is 1. The summed E-state index contributed by atoms with van der Waals surface area (Å²) in [7, 11) is 0. The van der Waals surface area contributed by atoms with Gasteiger partial charge in [-0.1, -0.05) is 0 Å². The molecule has 1 N–H and O–H groups in total. The maximum Gasteiger partial charge on any atom is 0.432 e. The molecule has 0 atom stereocenters. The van der Waals surface area contributed by atoms with E-state index in [-0.39, 0.29) is 10.1 Å². The first-order chi connectivity index (χ1) is 11.6. The van der Waals surface area contributed by atoms with Gasteiger partial charge in [0.1, 0.15) is 30.2 Å². The molecule has 0 saturated carbocycles. The number of hydrogen-bond acceptors (Lipinski definition) is 2. The van der Waals surface area contributed by atoms with Crippen LogP contribution in [0.15, 0.2) is 26.2 Å². The van der Waals surface area contributed by atoms with Gasteiger partial charge in [0.25, 0.3) is 5.56 Å². The SMILES string of the molecule is O=c1[nH]c(C(F)(F)F)c(Br)c(=O)n1-c1c(CF)cc(CF)cc1CF. The zero-order valence-electron chi connectivity index (χ0n) is 12.2. The third-order valence-corrected chi connectivity index (χ3v) is 4.06. The molecule has 0 radical (unpaired) electrons. The fourth-order valence-corrected chi connectivity index (χ4v) is 2.81. The van der Waals surface area contributed by atoms with E-state index in [9.17, 15) is 35.9 Å². The Morgan fingerprint density at radius 2 is 1.52 bits per heavy atom. The first kappa shape index (κ1) is 19.3. The van der Waals surface area contributed by atoms with Gasteiger partial charge in [0.2, 0.25) is 0 Å². The van der Waals surface area contributed by atoms with Crippen molar-refractivity contribution in [2.75, 3.05) is 0 Å². The van der Waals surface area contributed by atoms with E-state index in [4.69, 9.17) is 0 Å². The third-order valence-electron chi connectivity index (χ3n) is 3.32. The lowest BCUT2D eigenvalue weighted by Gasteiger charge is -2.16. The van der Waals surface area contributed by atoms with Gasteiger partial charge in [-0.05, 0) is 33.6 Å². The van der Waals surface area contributed by atoms with E-state index >= 15 is 0 Å². The number of alkyl halides is 6. The lowest BCUT2D eigenvalue weighted by atomic mass is 10.0. The molecule has 0 unspecified atom stereocenters. The number of nitrogens with zero attached hydrogens (tertiary/aromatic N) is 1. The standard InChI is InChI=1S/C14H9BrF6N2O2/c15-9-11(14(19,20)21)22-13(25)23(12(9)24)10-7(4-17)1-6(3-16)2-8(10)5-18/h1-2H,3-5H2,(H,22,25). The highest BCUT2D eigenvalue weighted by Gasteiger charge is 2.37. The maximum atomic E-state index is 13.3. The summed E-state index contributed by atoms with van der Waals surface area (Å²) < 4.78 is 77.0. The predicted molar refractivity (Wildman–Crippen MR) is 79.8 cm³/mol. The molecule has 4 nitrogen and oxygen atoms in total. The van der Waals surface area contributed by atoms with Gasteiger partial charge in [-0.25, -0.2) is 22.5 Å². The highest BCUT2D eigenvalue weighted by Crippen LogP contribution is 2.31. The topological polar surface area (TPSA) is 54.9 Å². The Hall–Kier alpha value is -2.04. The molecule has 0 aliphatic heterocycles. The van der Waals surface area contributed by atoms with Crippen LogP contribution < -0.4 is 11.2 Å². The summed E-state index contributed by atoms with van der Waals surface area (Å²) in [6.07, 6.45) is -5.03. The molecule has 0 aliphatic rings. The molecular weight excluding hydrogens is 422 g/mol. The van der Waals surface area contributed by atoms with Gasteiger partial charge in [-0.2, -0.15) is 13.2 Å². The van der Waals surface area contributed by atoms with Crippen molar-refractivity contribution in [2.45, 2.75) is 26.2 Å². The van der Waals surface area contributed by atoms with Crippen LogP contribution in [0.25, 0.3) is 5.69 Å².